The van der Waals surface area contributed by atoms with Crippen molar-refractivity contribution in [2.45, 2.75) is 19.4 Å². The van der Waals surface area contributed by atoms with Crippen molar-refractivity contribution in [3.8, 4) is 0 Å². The summed E-state index contributed by atoms with van der Waals surface area (Å²) in [6.07, 6.45) is 0.449. The lowest BCUT2D eigenvalue weighted by molar-refractivity contribution is -0.138. The van der Waals surface area contributed by atoms with Crippen LogP contribution in [0.3, 0.4) is 0 Å². The second kappa shape index (κ2) is 8.30. The average molecular weight is 436 g/mol. The SMILES string of the molecule is CC(C(=O)N1CCOCC1)n1c(Cc2ccc(F)cc2)nc2cc(Cl)c(Cl)cc21. The molecular formula is C21H20Cl2FN3O2. The molecule has 1 unspecified atom stereocenters. The van der Waals surface area contributed by atoms with E-state index in [4.69, 9.17) is 32.9 Å². The van der Waals surface area contributed by atoms with Crippen molar-refractivity contribution in [1.29, 1.82) is 0 Å². The molecule has 2 aromatic carbocycles. The lowest BCUT2D eigenvalue weighted by Gasteiger charge is -2.30. The number of carbonyl (C=O) groups excluding carboxylic acids is 1. The fourth-order valence-electron chi connectivity index (χ4n) is 3.64. The maximum Gasteiger partial charge on any atom is 0.245 e. The molecule has 1 aliphatic heterocycles. The van der Waals surface area contributed by atoms with E-state index in [0.29, 0.717) is 54.1 Å². The number of aromatic nitrogens is 2. The summed E-state index contributed by atoms with van der Waals surface area (Å²) in [6, 6.07) is 9.22. The van der Waals surface area contributed by atoms with Crippen LogP contribution in [0.15, 0.2) is 36.4 Å². The highest BCUT2D eigenvalue weighted by molar-refractivity contribution is 6.42. The highest BCUT2D eigenvalue weighted by atomic mass is 35.5. The van der Waals surface area contributed by atoms with Gasteiger partial charge in [-0.15, -0.1) is 0 Å². The smallest absolute Gasteiger partial charge is 0.245 e. The lowest BCUT2D eigenvalue weighted by atomic mass is 10.1. The van der Waals surface area contributed by atoms with E-state index >= 15 is 0 Å². The molecule has 3 aromatic rings. The Morgan fingerprint density at radius 2 is 1.83 bits per heavy atom. The molecule has 0 saturated carbocycles. The van der Waals surface area contributed by atoms with E-state index < -0.39 is 6.04 Å². The Bertz CT molecular complexity index is 1050. The van der Waals surface area contributed by atoms with E-state index in [1.165, 1.54) is 12.1 Å². The Morgan fingerprint density at radius 1 is 1.17 bits per heavy atom. The molecule has 0 spiro atoms. The van der Waals surface area contributed by atoms with Crippen LogP contribution in [0.1, 0.15) is 24.4 Å². The van der Waals surface area contributed by atoms with Crippen LogP contribution in [0.2, 0.25) is 10.0 Å². The number of hydrogen-bond donors (Lipinski definition) is 0. The van der Waals surface area contributed by atoms with Gasteiger partial charge in [-0.05, 0) is 36.8 Å². The minimum Gasteiger partial charge on any atom is -0.378 e. The molecule has 1 fully saturated rings. The molecular weight excluding hydrogens is 416 g/mol. The minimum absolute atomic E-state index is 0.000899. The highest BCUT2D eigenvalue weighted by Gasteiger charge is 2.27. The normalized spacial score (nSPS) is 15.7. The van der Waals surface area contributed by atoms with Gasteiger partial charge in [-0.1, -0.05) is 35.3 Å². The predicted octanol–water partition coefficient (Wildman–Crippen LogP) is 4.49. The third-order valence-electron chi connectivity index (χ3n) is 5.15. The zero-order valence-corrected chi connectivity index (χ0v) is 17.4. The molecule has 29 heavy (non-hydrogen) atoms. The number of benzene rings is 2. The molecule has 0 N–H and O–H groups in total. The third-order valence-corrected chi connectivity index (χ3v) is 5.87. The maximum atomic E-state index is 13.3. The van der Waals surface area contributed by atoms with Gasteiger partial charge in [0.05, 0.1) is 34.3 Å². The van der Waals surface area contributed by atoms with Gasteiger partial charge in [0, 0.05) is 19.5 Å². The number of nitrogens with zero attached hydrogens (tertiary/aromatic N) is 3. The highest BCUT2D eigenvalue weighted by Crippen LogP contribution is 2.31. The largest absolute Gasteiger partial charge is 0.378 e. The number of amides is 1. The quantitative estimate of drug-likeness (QED) is 0.606. The van der Waals surface area contributed by atoms with Gasteiger partial charge >= 0.3 is 0 Å². The van der Waals surface area contributed by atoms with Gasteiger partial charge in [0.2, 0.25) is 5.91 Å². The van der Waals surface area contributed by atoms with Gasteiger partial charge in [-0.25, -0.2) is 9.37 Å². The molecule has 4 rings (SSSR count). The fourth-order valence-corrected chi connectivity index (χ4v) is 3.96. The molecule has 1 aromatic heterocycles. The molecule has 1 atom stereocenters. The van der Waals surface area contributed by atoms with Gasteiger partial charge < -0.3 is 14.2 Å². The first-order chi connectivity index (χ1) is 13.9. The van der Waals surface area contributed by atoms with Crippen molar-refractivity contribution >= 4 is 40.1 Å². The van der Waals surface area contributed by atoms with Crippen LogP contribution in [0.5, 0.6) is 0 Å². The van der Waals surface area contributed by atoms with Crippen LogP contribution in [0.4, 0.5) is 4.39 Å². The molecule has 1 saturated heterocycles. The van der Waals surface area contributed by atoms with Gasteiger partial charge in [0.1, 0.15) is 17.7 Å². The van der Waals surface area contributed by atoms with Crippen molar-refractivity contribution in [2.75, 3.05) is 26.3 Å². The van der Waals surface area contributed by atoms with E-state index in [0.717, 1.165) is 11.1 Å². The van der Waals surface area contributed by atoms with E-state index in [9.17, 15) is 9.18 Å². The number of morpholine rings is 1. The van der Waals surface area contributed by atoms with Crippen molar-refractivity contribution in [3.63, 3.8) is 0 Å². The summed E-state index contributed by atoms with van der Waals surface area (Å²) < 4.78 is 20.5. The number of carbonyl (C=O) groups is 1. The number of halogens is 3. The zero-order valence-electron chi connectivity index (χ0n) is 15.9. The Labute approximate surface area is 178 Å². The Hall–Kier alpha value is -2.15. The molecule has 1 aliphatic rings. The Balaban J connectivity index is 1.77. The molecule has 0 bridgehead atoms. The molecule has 152 valence electrons. The summed E-state index contributed by atoms with van der Waals surface area (Å²) in [7, 11) is 0. The van der Waals surface area contributed by atoms with Crippen LogP contribution < -0.4 is 0 Å². The summed E-state index contributed by atoms with van der Waals surface area (Å²) in [5, 5.41) is 0.809. The van der Waals surface area contributed by atoms with Crippen LogP contribution in [-0.2, 0) is 16.0 Å². The first-order valence-corrected chi connectivity index (χ1v) is 10.2. The van der Waals surface area contributed by atoms with Crippen molar-refractivity contribution in [3.05, 3.63) is 63.6 Å². The van der Waals surface area contributed by atoms with Crippen LogP contribution in [0.25, 0.3) is 11.0 Å². The van der Waals surface area contributed by atoms with E-state index in [2.05, 4.69) is 0 Å². The summed E-state index contributed by atoms with van der Waals surface area (Å²) in [4.78, 5) is 19.7. The topological polar surface area (TPSA) is 47.4 Å². The Morgan fingerprint density at radius 3 is 2.52 bits per heavy atom. The Kier molecular flexibility index (Phi) is 5.76. The van der Waals surface area contributed by atoms with Crippen LogP contribution in [0, 0.1) is 5.82 Å². The molecule has 0 radical (unpaired) electrons. The monoisotopic (exact) mass is 435 g/mol. The summed E-state index contributed by atoms with van der Waals surface area (Å²) in [5.74, 6) is 0.398. The van der Waals surface area contributed by atoms with Crippen molar-refractivity contribution in [1.82, 2.24) is 14.5 Å². The van der Waals surface area contributed by atoms with Crippen LogP contribution >= 0.6 is 23.2 Å². The molecule has 8 heteroatoms. The van der Waals surface area contributed by atoms with E-state index in [-0.39, 0.29) is 11.7 Å². The van der Waals surface area contributed by atoms with E-state index in [1.54, 1.807) is 29.2 Å². The summed E-state index contributed by atoms with van der Waals surface area (Å²) >= 11 is 12.4. The van der Waals surface area contributed by atoms with E-state index in [1.807, 2.05) is 11.5 Å². The molecule has 0 aliphatic carbocycles. The second-order valence-electron chi connectivity index (χ2n) is 7.07. The second-order valence-corrected chi connectivity index (χ2v) is 7.88. The number of ether oxygens (including phenoxy) is 1. The number of fused-ring (bicyclic) bond motifs is 1. The summed E-state index contributed by atoms with van der Waals surface area (Å²) in [5.41, 5.74) is 2.30. The standard InChI is InChI=1S/C21H20Cl2FN3O2/c1-13(21(28)26-6-8-29-9-7-26)27-19-12-17(23)16(22)11-18(19)25-20(27)10-14-2-4-15(24)5-3-14/h2-5,11-13H,6-10H2,1H3. The van der Waals surface area contributed by atoms with Gasteiger partial charge in [0.15, 0.2) is 0 Å². The zero-order chi connectivity index (χ0) is 20.5. The van der Waals surface area contributed by atoms with Gasteiger partial charge in [-0.3, -0.25) is 4.79 Å². The van der Waals surface area contributed by atoms with Crippen molar-refractivity contribution < 1.29 is 13.9 Å². The molecule has 2 heterocycles. The maximum absolute atomic E-state index is 13.3. The number of imidazole rings is 1. The first kappa shape index (κ1) is 20.1. The number of hydrogen-bond acceptors (Lipinski definition) is 3. The number of rotatable bonds is 4. The summed E-state index contributed by atoms with van der Waals surface area (Å²) in [6.45, 7) is 4.06. The van der Waals surface area contributed by atoms with Gasteiger partial charge in [-0.2, -0.15) is 0 Å². The van der Waals surface area contributed by atoms with Crippen LogP contribution in [-0.4, -0.2) is 46.7 Å². The van der Waals surface area contributed by atoms with Crippen molar-refractivity contribution in [2.24, 2.45) is 0 Å². The third kappa shape index (κ3) is 4.10. The molecule has 5 nitrogen and oxygen atoms in total. The van der Waals surface area contributed by atoms with Gasteiger partial charge in [0.25, 0.3) is 0 Å². The first-order valence-electron chi connectivity index (χ1n) is 9.41. The predicted molar refractivity (Wildman–Crippen MR) is 111 cm³/mol. The lowest BCUT2D eigenvalue weighted by Crippen LogP contribution is -2.43. The molecule has 1 amide bonds. The fraction of sp³-hybridized carbons (Fsp3) is 0.333. The average Bonchev–Trinajstić information content (AvgIpc) is 3.06. The minimum atomic E-state index is -0.481.